The Bertz CT molecular complexity index is 1300. The Kier molecular flexibility index (Phi) is 4.82. The number of benzene rings is 2. The van der Waals surface area contributed by atoms with Gasteiger partial charge in [-0.3, -0.25) is 4.79 Å². The summed E-state index contributed by atoms with van der Waals surface area (Å²) in [6.45, 7) is 6.58. The molecule has 0 spiro atoms. The van der Waals surface area contributed by atoms with Crippen molar-refractivity contribution >= 4 is 27.8 Å². The van der Waals surface area contributed by atoms with E-state index in [0.717, 1.165) is 48.5 Å². The molecule has 1 aliphatic heterocycles. The molecule has 1 atom stereocenters. The predicted octanol–water partition coefficient (Wildman–Crippen LogP) is 4.09. The van der Waals surface area contributed by atoms with Crippen molar-refractivity contribution in [2.75, 3.05) is 13.1 Å². The van der Waals surface area contributed by atoms with Gasteiger partial charge in [0.1, 0.15) is 0 Å². The van der Waals surface area contributed by atoms with Gasteiger partial charge in [0, 0.05) is 43.7 Å². The van der Waals surface area contributed by atoms with Crippen molar-refractivity contribution in [2.24, 2.45) is 12.8 Å². The van der Waals surface area contributed by atoms with Crippen molar-refractivity contribution in [3.63, 3.8) is 0 Å². The minimum absolute atomic E-state index is 0.0440. The molecule has 1 aliphatic rings. The van der Waals surface area contributed by atoms with Gasteiger partial charge >= 0.3 is 0 Å². The van der Waals surface area contributed by atoms with Crippen LogP contribution in [0.15, 0.2) is 42.5 Å². The number of hydrogen-bond acceptors (Lipinski definition) is 3. The van der Waals surface area contributed by atoms with Crippen LogP contribution in [0.2, 0.25) is 0 Å². The zero-order valence-electron chi connectivity index (χ0n) is 18.4. The van der Waals surface area contributed by atoms with Gasteiger partial charge in [-0.1, -0.05) is 18.2 Å². The van der Waals surface area contributed by atoms with E-state index >= 15 is 0 Å². The van der Waals surface area contributed by atoms with Crippen LogP contribution >= 0.6 is 0 Å². The Balaban J connectivity index is 1.59. The second kappa shape index (κ2) is 7.54. The van der Waals surface area contributed by atoms with E-state index in [2.05, 4.69) is 47.2 Å². The number of fused-ring (bicyclic) bond motifs is 2. The summed E-state index contributed by atoms with van der Waals surface area (Å²) in [5, 5.41) is 1.22. The van der Waals surface area contributed by atoms with Crippen LogP contribution in [0.1, 0.15) is 35.7 Å². The van der Waals surface area contributed by atoms with Crippen LogP contribution in [-0.4, -0.2) is 44.1 Å². The van der Waals surface area contributed by atoms with E-state index in [-0.39, 0.29) is 11.9 Å². The molecule has 4 aromatic rings. The van der Waals surface area contributed by atoms with E-state index in [1.165, 1.54) is 16.5 Å². The zero-order chi connectivity index (χ0) is 21.7. The quantitative estimate of drug-likeness (QED) is 0.548. The number of imidazole rings is 1. The molecule has 1 fully saturated rings. The van der Waals surface area contributed by atoms with Gasteiger partial charge in [0.25, 0.3) is 5.91 Å². The molecule has 31 heavy (non-hydrogen) atoms. The molecule has 1 amide bonds. The second-order valence-corrected chi connectivity index (χ2v) is 8.64. The summed E-state index contributed by atoms with van der Waals surface area (Å²) in [5.74, 6) is 0.958. The average molecular weight is 416 g/mol. The largest absolute Gasteiger partial charge is 0.338 e. The van der Waals surface area contributed by atoms with Crippen molar-refractivity contribution in [1.82, 2.24) is 19.0 Å². The van der Waals surface area contributed by atoms with Crippen molar-refractivity contribution in [1.29, 1.82) is 0 Å². The van der Waals surface area contributed by atoms with E-state index < -0.39 is 0 Å². The van der Waals surface area contributed by atoms with Gasteiger partial charge in [0.2, 0.25) is 0 Å². The summed E-state index contributed by atoms with van der Waals surface area (Å²) in [6.07, 6.45) is 1.95. The summed E-state index contributed by atoms with van der Waals surface area (Å²) < 4.78 is 4.45. The van der Waals surface area contributed by atoms with Gasteiger partial charge in [0.15, 0.2) is 5.82 Å². The first-order valence-electron chi connectivity index (χ1n) is 11.1. The molecule has 0 bridgehead atoms. The van der Waals surface area contributed by atoms with Crippen LogP contribution in [0, 0.1) is 6.92 Å². The topological polar surface area (TPSA) is 69.1 Å². The number of nitrogens with two attached hydrogens (primary N) is 1. The smallest absolute Gasteiger partial charge is 0.253 e. The molecule has 6 nitrogen and oxygen atoms in total. The fraction of sp³-hybridized carbons (Fsp3) is 0.360. The third-order valence-corrected chi connectivity index (χ3v) is 6.54. The van der Waals surface area contributed by atoms with Gasteiger partial charge in [-0.25, -0.2) is 4.98 Å². The Morgan fingerprint density at radius 1 is 1.23 bits per heavy atom. The number of rotatable bonds is 3. The number of piperidine rings is 1. The normalized spacial score (nSPS) is 17.0. The molecule has 2 N–H and O–H groups in total. The number of likely N-dealkylation sites (tertiary alicyclic amines) is 1. The van der Waals surface area contributed by atoms with Crippen LogP contribution in [-0.2, 0) is 13.6 Å². The van der Waals surface area contributed by atoms with E-state index in [0.29, 0.717) is 12.1 Å². The standard InChI is InChI=1S/C25H29N5O/c1-4-30-22(14-17-8-5-7-16(2)23(17)30)24-27-20-13-18(10-11-21(20)28(24)3)25(31)29-12-6-9-19(26)15-29/h5,7-8,10-11,13-14,19H,4,6,9,12,15,26H2,1-3H3. The van der Waals surface area contributed by atoms with E-state index in [9.17, 15) is 4.79 Å². The van der Waals surface area contributed by atoms with E-state index in [1.54, 1.807) is 0 Å². The van der Waals surface area contributed by atoms with Gasteiger partial charge in [0.05, 0.1) is 22.2 Å². The number of carbonyl (C=O) groups excluding carboxylic acids is 1. The molecule has 2 aromatic heterocycles. The molecule has 2 aromatic carbocycles. The second-order valence-electron chi connectivity index (χ2n) is 8.64. The van der Waals surface area contributed by atoms with Crippen LogP contribution in [0.5, 0.6) is 0 Å². The molecule has 5 rings (SSSR count). The molecule has 1 unspecified atom stereocenters. The fourth-order valence-corrected chi connectivity index (χ4v) is 4.97. The lowest BCUT2D eigenvalue weighted by atomic mass is 10.1. The minimum Gasteiger partial charge on any atom is -0.338 e. The molecular formula is C25H29N5O. The maximum atomic E-state index is 13.0. The lowest BCUT2D eigenvalue weighted by Gasteiger charge is -2.30. The summed E-state index contributed by atoms with van der Waals surface area (Å²) in [4.78, 5) is 19.9. The van der Waals surface area contributed by atoms with E-state index in [4.69, 9.17) is 10.7 Å². The molecule has 6 heteroatoms. The maximum absolute atomic E-state index is 13.0. The summed E-state index contributed by atoms with van der Waals surface area (Å²) in [7, 11) is 2.04. The first-order chi connectivity index (χ1) is 15.0. The van der Waals surface area contributed by atoms with Crippen LogP contribution < -0.4 is 5.73 Å². The van der Waals surface area contributed by atoms with Crippen molar-refractivity contribution in [3.8, 4) is 11.5 Å². The van der Waals surface area contributed by atoms with Crippen LogP contribution in [0.3, 0.4) is 0 Å². The highest BCUT2D eigenvalue weighted by Crippen LogP contribution is 2.31. The number of para-hydroxylation sites is 1. The molecule has 160 valence electrons. The minimum atomic E-state index is 0.0440. The number of hydrogen-bond donors (Lipinski definition) is 1. The lowest BCUT2D eigenvalue weighted by molar-refractivity contribution is 0.0709. The van der Waals surface area contributed by atoms with Gasteiger partial charge in [-0.2, -0.15) is 0 Å². The number of nitrogens with zero attached hydrogens (tertiary/aromatic N) is 4. The van der Waals surface area contributed by atoms with Crippen LogP contribution in [0.4, 0.5) is 0 Å². The number of aryl methyl sites for hydroxylation is 3. The molecule has 1 saturated heterocycles. The number of carbonyl (C=O) groups is 1. The maximum Gasteiger partial charge on any atom is 0.253 e. The Labute approximate surface area is 182 Å². The average Bonchev–Trinajstić information content (AvgIpc) is 3.31. The van der Waals surface area contributed by atoms with Crippen molar-refractivity contribution in [3.05, 3.63) is 53.6 Å². The molecule has 3 heterocycles. The van der Waals surface area contributed by atoms with E-state index in [1.807, 2.05) is 30.1 Å². The van der Waals surface area contributed by atoms with Crippen molar-refractivity contribution in [2.45, 2.75) is 39.3 Å². The van der Waals surface area contributed by atoms with Gasteiger partial charge in [-0.15, -0.1) is 0 Å². The molecule has 0 aliphatic carbocycles. The Hall–Kier alpha value is -3.12. The summed E-state index contributed by atoms with van der Waals surface area (Å²) in [6, 6.07) is 14.5. The third kappa shape index (κ3) is 3.22. The fourth-order valence-electron chi connectivity index (χ4n) is 4.97. The lowest BCUT2D eigenvalue weighted by Crippen LogP contribution is -2.45. The van der Waals surface area contributed by atoms with Crippen molar-refractivity contribution < 1.29 is 4.79 Å². The van der Waals surface area contributed by atoms with Gasteiger partial charge in [-0.05, 0) is 56.5 Å². The summed E-state index contributed by atoms with van der Waals surface area (Å²) >= 11 is 0. The number of aromatic nitrogens is 3. The first-order valence-corrected chi connectivity index (χ1v) is 11.1. The van der Waals surface area contributed by atoms with Gasteiger partial charge < -0.3 is 19.8 Å². The Morgan fingerprint density at radius 2 is 2.06 bits per heavy atom. The molecular weight excluding hydrogens is 386 g/mol. The monoisotopic (exact) mass is 415 g/mol. The molecule has 0 saturated carbocycles. The zero-order valence-corrected chi connectivity index (χ0v) is 18.4. The predicted molar refractivity (Wildman–Crippen MR) is 125 cm³/mol. The van der Waals surface area contributed by atoms with Crippen LogP contribution in [0.25, 0.3) is 33.5 Å². The third-order valence-electron chi connectivity index (χ3n) is 6.54. The Morgan fingerprint density at radius 3 is 2.84 bits per heavy atom. The molecule has 0 radical (unpaired) electrons. The highest BCUT2D eigenvalue weighted by atomic mass is 16.2. The highest BCUT2D eigenvalue weighted by Gasteiger charge is 2.23. The SMILES string of the molecule is CCn1c(-c2nc3cc(C(=O)N4CCCC(N)C4)ccc3n2C)cc2cccc(C)c21. The highest BCUT2D eigenvalue weighted by molar-refractivity contribution is 5.98. The summed E-state index contributed by atoms with van der Waals surface area (Å²) in [5.41, 5.74) is 12.2. The first kappa shape index (κ1) is 19.8. The number of amides is 1.